The van der Waals surface area contributed by atoms with Crippen molar-refractivity contribution in [1.82, 2.24) is 19.6 Å². The van der Waals surface area contributed by atoms with Gasteiger partial charge in [-0.2, -0.15) is 0 Å². The molecule has 4 heterocycles. The van der Waals surface area contributed by atoms with Gasteiger partial charge < -0.3 is 34.8 Å². The second-order valence-electron chi connectivity index (χ2n) is 14.0. The summed E-state index contributed by atoms with van der Waals surface area (Å²) in [5.74, 6) is 0.284. The maximum Gasteiger partial charge on any atom is 0.407 e. The Morgan fingerprint density at radius 1 is 0.936 bits per heavy atom. The quantitative estimate of drug-likeness (QED) is 0.409. The van der Waals surface area contributed by atoms with Crippen LogP contribution in [-0.2, 0) is 17.6 Å². The molecule has 0 aromatic heterocycles. The van der Waals surface area contributed by atoms with Crippen LogP contribution < -0.4 is 10.1 Å². The maximum atomic E-state index is 14.7. The minimum Gasteiger partial charge on any atom is -0.496 e. The van der Waals surface area contributed by atoms with Crippen molar-refractivity contribution < 1.29 is 24.2 Å². The van der Waals surface area contributed by atoms with Crippen LogP contribution in [0.5, 0.6) is 5.75 Å². The molecule has 0 bridgehead atoms. The Morgan fingerprint density at radius 3 is 2.30 bits per heavy atom. The lowest BCUT2D eigenvalue weighted by Crippen LogP contribution is -2.59. The van der Waals surface area contributed by atoms with E-state index in [1.54, 1.807) is 7.11 Å². The number of fused-ring (bicyclic) bond motifs is 1. The summed E-state index contributed by atoms with van der Waals surface area (Å²) >= 11 is 0. The minimum atomic E-state index is -1.01. The summed E-state index contributed by atoms with van der Waals surface area (Å²) in [6.45, 7) is 8.50. The molecule has 3 saturated heterocycles. The number of carbonyl (C=O) groups excluding carboxylic acids is 2. The van der Waals surface area contributed by atoms with Crippen LogP contribution in [0.15, 0.2) is 36.4 Å². The van der Waals surface area contributed by atoms with Crippen LogP contribution in [0.25, 0.3) is 0 Å². The second-order valence-corrected chi connectivity index (χ2v) is 14.0. The first kappa shape index (κ1) is 33.1. The van der Waals surface area contributed by atoms with Crippen LogP contribution in [0.4, 0.5) is 15.3 Å². The summed E-state index contributed by atoms with van der Waals surface area (Å²) in [5, 5.41) is 13.5. The number of benzene rings is 2. The number of carboxylic acid groups (broad SMARTS) is 1. The third-order valence-electron chi connectivity index (χ3n) is 11.1. The van der Waals surface area contributed by atoms with E-state index >= 15 is 0 Å². The van der Waals surface area contributed by atoms with Crippen LogP contribution >= 0.6 is 0 Å². The van der Waals surface area contributed by atoms with Crippen molar-refractivity contribution in [1.29, 1.82) is 0 Å². The lowest BCUT2D eigenvalue weighted by molar-refractivity contribution is -0.140. The van der Waals surface area contributed by atoms with E-state index in [1.807, 2.05) is 47.9 Å². The number of hydrogen-bond acceptors (Lipinski definition) is 5. The molecule has 254 valence electrons. The van der Waals surface area contributed by atoms with E-state index < -0.39 is 18.1 Å². The zero-order chi connectivity index (χ0) is 33.1. The van der Waals surface area contributed by atoms with Gasteiger partial charge in [-0.05, 0) is 107 Å². The highest BCUT2D eigenvalue weighted by Gasteiger charge is 2.44. The zero-order valence-electron chi connectivity index (χ0n) is 28.2. The molecule has 0 radical (unpaired) electrons. The third-order valence-corrected chi connectivity index (χ3v) is 11.1. The van der Waals surface area contributed by atoms with Crippen LogP contribution in [-0.4, -0.2) is 107 Å². The Labute approximate surface area is 279 Å². The van der Waals surface area contributed by atoms with E-state index in [1.165, 1.54) is 24.2 Å². The summed E-state index contributed by atoms with van der Waals surface area (Å²) in [6.07, 6.45) is 6.78. The van der Waals surface area contributed by atoms with Gasteiger partial charge in [0.2, 0.25) is 5.91 Å². The molecule has 10 heteroatoms. The SMILES string of the molecule is COc1c(C)cc(CC(C(=O)N2CCC(N3CCCCC3)CC2)[C@H]2CC(N3CCc4ccccc4NC3=O)CCN2C(=O)O)cc1C. The molecule has 4 aliphatic heterocycles. The van der Waals surface area contributed by atoms with Crippen LogP contribution in [0.2, 0.25) is 0 Å². The Balaban J connectivity index is 1.27. The molecule has 0 aliphatic carbocycles. The smallest absolute Gasteiger partial charge is 0.407 e. The first-order valence-corrected chi connectivity index (χ1v) is 17.6. The average Bonchev–Trinajstić information content (AvgIpc) is 3.25. The van der Waals surface area contributed by atoms with Gasteiger partial charge in [0.05, 0.1) is 13.0 Å². The first-order chi connectivity index (χ1) is 22.7. The van der Waals surface area contributed by atoms with Gasteiger partial charge in [0, 0.05) is 50.0 Å². The van der Waals surface area contributed by atoms with Gasteiger partial charge in [0.1, 0.15) is 5.75 Å². The number of rotatable bonds is 7. The standard InChI is InChI=1S/C37H51N5O5/c1-25-21-27(22-26(2)34(25)47-3)23-31(35(43)40-17-12-29(13-18-40)39-15-7-4-8-16-39)33-24-30(14-20-42(33)37(45)46)41-19-11-28-9-5-6-10-32(28)38-36(41)44/h5-6,9-10,21-22,29-31,33H,4,7-8,11-20,23-24H2,1-3H3,(H,38,44)(H,45,46)/t30?,31?,33-/m1/s1. The highest BCUT2D eigenvalue weighted by molar-refractivity contribution is 5.91. The normalized spacial score (nSPS) is 23.5. The molecule has 4 aliphatic rings. The Kier molecular flexibility index (Phi) is 10.2. The van der Waals surface area contributed by atoms with Crippen molar-refractivity contribution in [2.24, 2.45) is 5.92 Å². The Bertz CT molecular complexity index is 1430. The van der Waals surface area contributed by atoms with Crippen molar-refractivity contribution in [3.63, 3.8) is 0 Å². The number of carbonyl (C=O) groups is 3. The number of anilines is 1. The molecular weight excluding hydrogens is 594 g/mol. The summed E-state index contributed by atoms with van der Waals surface area (Å²) in [4.78, 5) is 48.9. The molecule has 47 heavy (non-hydrogen) atoms. The highest BCUT2D eigenvalue weighted by Crippen LogP contribution is 2.34. The summed E-state index contributed by atoms with van der Waals surface area (Å²) in [5.41, 5.74) is 4.90. The molecule has 6 rings (SSSR count). The monoisotopic (exact) mass is 645 g/mol. The molecule has 10 nitrogen and oxygen atoms in total. The number of methoxy groups -OCH3 is 1. The Morgan fingerprint density at radius 2 is 1.62 bits per heavy atom. The number of aryl methyl sites for hydroxylation is 2. The first-order valence-electron chi connectivity index (χ1n) is 17.6. The number of amides is 4. The molecule has 2 unspecified atom stereocenters. The largest absolute Gasteiger partial charge is 0.496 e. The van der Waals surface area contributed by atoms with E-state index in [9.17, 15) is 19.5 Å². The molecule has 0 saturated carbocycles. The lowest BCUT2D eigenvalue weighted by Gasteiger charge is -2.46. The fraction of sp³-hybridized carbons (Fsp3) is 0.595. The highest BCUT2D eigenvalue weighted by atomic mass is 16.5. The molecular formula is C37H51N5O5. The molecule has 2 aromatic carbocycles. The van der Waals surface area contributed by atoms with Gasteiger partial charge in [0.25, 0.3) is 0 Å². The number of nitrogens with zero attached hydrogens (tertiary/aromatic N) is 4. The predicted octanol–water partition coefficient (Wildman–Crippen LogP) is 5.55. The number of hydrogen-bond donors (Lipinski definition) is 2. The number of urea groups is 1. The van der Waals surface area contributed by atoms with Gasteiger partial charge in [0.15, 0.2) is 0 Å². The fourth-order valence-electron chi connectivity index (χ4n) is 8.71. The molecule has 0 spiro atoms. The lowest BCUT2D eigenvalue weighted by atomic mass is 9.81. The van der Waals surface area contributed by atoms with Crippen molar-refractivity contribution in [2.75, 3.05) is 51.7 Å². The van der Waals surface area contributed by atoms with Crippen molar-refractivity contribution in [2.45, 2.75) is 89.8 Å². The van der Waals surface area contributed by atoms with E-state index in [-0.39, 0.29) is 24.5 Å². The van der Waals surface area contributed by atoms with E-state index in [4.69, 9.17) is 4.74 Å². The number of piperidine rings is 3. The minimum absolute atomic E-state index is 0.0258. The summed E-state index contributed by atoms with van der Waals surface area (Å²) in [7, 11) is 1.67. The fourth-order valence-corrected chi connectivity index (χ4v) is 8.71. The van der Waals surface area contributed by atoms with Gasteiger partial charge in [-0.1, -0.05) is 36.8 Å². The van der Waals surface area contributed by atoms with Gasteiger partial charge in [-0.25, -0.2) is 9.59 Å². The number of para-hydroxylation sites is 1. The topological polar surface area (TPSA) is 106 Å². The van der Waals surface area contributed by atoms with Gasteiger partial charge in [-0.15, -0.1) is 0 Å². The van der Waals surface area contributed by atoms with Crippen LogP contribution in [0.1, 0.15) is 67.2 Å². The number of nitrogens with one attached hydrogen (secondary N) is 1. The van der Waals surface area contributed by atoms with E-state index in [0.717, 1.165) is 66.0 Å². The zero-order valence-corrected chi connectivity index (χ0v) is 28.2. The van der Waals surface area contributed by atoms with Crippen molar-refractivity contribution >= 4 is 23.7 Å². The molecule has 2 aromatic rings. The molecule has 4 amide bonds. The summed E-state index contributed by atoms with van der Waals surface area (Å²) in [6, 6.07) is 11.6. The second kappa shape index (κ2) is 14.5. The van der Waals surface area contributed by atoms with Gasteiger partial charge in [-0.3, -0.25) is 4.79 Å². The predicted molar refractivity (Wildman–Crippen MR) is 182 cm³/mol. The van der Waals surface area contributed by atoms with Crippen molar-refractivity contribution in [3.8, 4) is 5.75 Å². The molecule has 3 fully saturated rings. The Hall–Kier alpha value is -3.79. The van der Waals surface area contributed by atoms with Crippen molar-refractivity contribution in [3.05, 3.63) is 58.7 Å². The molecule has 2 N–H and O–H groups in total. The van der Waals surface area contributed by atoms with E-state index in [0.29, 0.717) is 44.9 Å². The molecule has 3 atom stereocenters. The summed E-state index contributed by atoms with van der Waals surface area (Å²) < 4.78 is 5.62. The van der Waals surface area contributed by atoms with Gasteiger partial charge >= 0.3 is 12.1 Å². The average molecular weight is 646 g/mol. The van der Waals surface area contributed by atoms with Crippen LogP contribution in [0.3, 0.4) is 0 Å². The van der Waals surface area contributed by atoms with Crippen LogP contribution in [0, 0.1) is 19.8 Å². The maximum absolute atomic E-state index is 14.7. The third kappa shape index (κ3) is 7.22. The number of likely N-dealkylation sites (tertiary alicyclic amines) is 3. The van der Waals surface area contributed by atoms with E-state index in [2.05, 4.69) is 22.3 Å². The number of ether oxygens (including phenoxy) is 1.